The Balaban J connectivity index is 0.00000128. The van der Waals surface area contributed by atoms with Crippen molar-refractivity contribution < 1.29 is 10.2 Å². The van der Waals surface area contributed by atoms with Crippen LogP contribution in [0.25, 0.3) is 5.69 Å². The molecule has 2 aromatic rings. The van der Waals surface area contributed by atoms with Crippen LogP contribution in [0.1, 0.15) is 0 Å². The number of halogens is 1. The van der Waals surface area contributed by atoms with Crippen molar-refractivity contribution in [2.24, 2.45) is 5.11 Å². The van der Waals surface area contributed by atoms with Gasteiger partial charge in [0.2, 0.25) is 0 Å². The molecule has 84 valence electrons. The van der Waals surface area contributed by atoms with Crippen LogP contribution < -0.4 is 0 Å². The normalized spacial score (nSPS) is 9.50. The summed E-state index contributed by atoms with van der Waals surface area (Å²) in [6, 6.07) is 5.86. The van der Waals surface area contributed by atoms with Crippen LogP contribution in [0.5, 0.6) is 11.8 Å². The summed E-state index contributed by atoms with van der Waals surface area (Å²) >= 11 is 0. The third-order valence-electron chi connectivity index (χ3n) is 1.94. The van der Waals surface area contributed by atoms with Gasteiger partial charge < -0.3 is 10.2 Å². The highest BCUT2D eigenvalue weighted by atomic mass is 35.5. The van der Waals surface area contributed by atoms with Gasteiger partial charge in [0.15, 0.2) is 17.6 Å². The van der Waals surface area contributed by atoms with E-state index in [0.717, 1.165) is 0 Å². The smallest absolute Gasteiger partial charge is 0.198 e. The van der Waals surface area contributed by atoms with Crippen molar-refractivity contribution >= 4 is 18.2 Å². The number of pyridine rings is 1. The fraction of sp³-hybridized carbons (Fsp3) is 0. The summed E-state index contributed by atoms with van der Waals surface area (Å²) in [5, 5.41) is 22.0. The van der Waals surface area contributed by atoms with Crippen molar-refractivity contribution in [2.45, 2.75) is 0 Å². The molecule has 0 radical (unpaired) electrons. The molecule has 0 fully saturated rings. The molecular weight excluding hydrogens is 232 g/mol. The number of hydrogen-bond acceptors (Lipinski definition) is 5. The zero-order valence-corrected chi connectivity index (χ0v) is 8.85. The van der Waals surface area contributed by atoms with E-state index in [1.807, 2.05) is 0 Å². The van der Waals surface area contributed by atoms with Gasteiger partial charge >= 0.3 is 0 Å². The maximum absolute atomic E-state index is 9.43. The first-order valence-corrected chi connectivity index (χ1v) is 4.16. The second kappa shape index (κ2) is 4.63. The van der Waals surface area contributed by atoms with Gasteiger partial charge in [0, 0.05) is 12.1 Å². The van der Waals surface area contributed by atoms with Crippen molar-refractivity contribution in [3.63, 3.8) is 0 Å². The first-order valence-electron chi connectivity index (χ1n) is 4.16. The van der Waals surface area contributed by atoms with Crippen molar-refractivity contribution in [1.82, 2.24) is 9.55 Å². The van der Waals surface area contributed by atoms with Crippen LogP contribution >= 0.6 is 12.4 Å². The molecule has 16 heavy (non-hydrogen) atoms. The molecule has 0 aliphatic carbocycles. The second-order valence-electron chi connectivity index (χ2n) is 2.87. The number of rotatable bonds is 2. The Bertz CT molecular complexity index is 475. The van der Waals surface area contributed by atoms with E-state index in [1.54, 1.807) is 6.07 Å². The lowest BCUT2D eigenvalue weighted by molar-refractivity contribution is 0.402. The van der Waals surface area contributed by atoms with E-state index in [1.165, 1.54) is 29.0 Å². The first kappa shape index (κ1) is 12.0. The molecule has 0 aliphatic rings. The Morgan fingerprint density at radius 3 is 2.19 bits per heavy atom. The minimum Gasteiger partial charge on any atom is -0.494 e. The van der Waals surface area contributed by atoms with Crippen LogP contribution in [0.3, 0.4) is 0 Å². The van der Waals surface area contributed by atoms with Gasteiger partial charge in [-0.1, -0.05) is 0 Å². The predicted molar refractivity (Wildman–Crippen MR) is 58.9 cm³/mol. The summed E-state index contributed by atoms with van der Waals surface area (Å²) in [4.78, 5) is 3.84. The van der Waals surface area contributed by atoms with E-state index in [2.05, 4.69) is 10.1 Å². The average molecular weight is 241 g/mol. The van der Waals surface area contributed by atoms with Gasteiger partial charge in [-0.15, -0.1) is 17.5 Å². The Labute approximate surface area is 97.1 Å². The topological polar surface area (TPSA) is 94.5 Å². The van der Waals surface area contributed by atoms with Gasteiger partial charge in [0.25, 0.3) is 0 Å². The van der Waals surface area contributed by atoms with Gasteiger partial charge in [0.05, 0.1) is 11.9 Å². The monoisotopic (exact) mass is 240 g/mol. The molecule has 0 amide bonds. The number of aromatic hydroxyl groups is 2. The lowest BCUT2D eigenvalue weighted by Crippen LogP contribution is -1.92. The maximum Gasteiger partial charge on any atom is 0.198 e. The lowest BCUT2D eigenvalue weighted by atomic mass is 10.4. The van der Waals surface area contributed by atoms with E-state index in [9.17, 15) is 10.2 Å². The van der Waals surface area contributed by atoms with Crippen molar-refractivity contribution in [1.29, 1.82) is 5.53 Å². The first-order chi connectivity index (χ1) is 7.22. The van der Waals surface area contributed by atoms with Crippen LogP contribution in [0.4, 0.5) is 5.82 Å². The minimum atomic E-state index is -0.0788. The van der Waals surface area contributed by atoms with Crippen molar-refractivity contribution in [2.75, 3.05) is 0 Å². The summed E-state index contributed by atoms with van der Waals surface area (Å²) in [5.74, 6) is 0.111. The standard InChI is InChI=1S/C9H8N4O2.ClH/c10-12-7-2-1-6(5-11-7)13-8(14)3-4-9(13)15;/h1-5,10,14-15H;1H. The van der Waals surface area contributed by atoms with E-state index in [-0.39, 0.29) is 30.0 Å². The quantitative estimate of drug-likeness (QED) is 0.703. The van der Waals surface area contributed by atoms with Crippen molar-refractivity contribution in [3.8, 4) is 17.4 Å². The van der Waals surface area contributed by atoms with Crippen molar-refractivity contribution in [3.05, 3.63) is 30.5 Å². The van der Waals surface area contributed by atoms with E-state index >= 15 is 0 Å². The second-order valence-corrected chi connectivity index (χ2v) is 2.87. The fourth-order valence-electron chi connectivity index (χ4n) is 1.26. The Morgan fingerprint density at radius 1 is 1.12 bits per heavy atom. The highest BCUT2D eigenvalue weighted by Crippen LogP contribution is 2.26. The Hall–Kier alpha value is -2.08. The average Bonchev–Trinajstić information content (AvgIpc) is 2.59. The van der Waals surface area contributed by atoms with Gasteiger partial charge in [-0.2, -0.15) is 0 Å². The molecule has 0 saturated heterocycles. The van der Waals surface area contributed by atoms with Gasteiger partial charge in [-0.3, -0.25) is 4.57 Å². The molecule has 2 aromatic heterocycles. The largest absolute Gasteiger partial charge is 0.494 e. The summed E-state index contributed by atoms with van der Waals surface area (Å²) in [5.41, 5.74) is 7.23. The third kappa shape index (κ3) is 1.96. The van der Waals surface area contributed by atoms with Crippen LogP contribution in [-0.4, -0.2) is 19.8 Å². The molecule has 0 aliphatic heterocycles. The summed E-state index contributed by atoms with van der Waals surface area (Å²) in [6.45, 7) is 0. The SMILES string of the molecule is Cl.N=Nc1ccc(-n2c(O)ccc2O)cn1. The van der Waals surface area contributed by atoms with E-state index in [0.29, 0.717) is 5.69 Å². The number of aromatic nitrogens is 2. The molecular formula is C9H9ClN4O2. The lowest BCUT2D eigenvalue weighted by Gasteiger charge is -2.05. The summed E-state index contributed by atoms with van der Waals surface area (Å²) in [7, 11) is 0. The molecule has 3 N–H and O–H groups in total. The van der Waals surface area contributed by atoms with Crippen LogP contribution in [0.2, 0.25) is 0 Å². The Kier molecular flexibility index (Phi) is 3.47. The Morgan fingerprint density at radius 2 is 1.75 bits per heavy atom. The number of hydrogen-bond donors (Lipinski definition) is 3. The van der Waals surface area contributed by atoms with Crippen LogP contribution in [0, 0.1) is 5.53 Å². The number of nitrogens with one attached hydrogen (secondary N) is 1. The van der Waals surface area contributed by atoms with Gasteiger partial charge in [0.1, 0.15) is 0 Å². The molecule has 2 rings (SSSR count). The highest BCUT2D eigenvalue weighted by Gasteiger charge is 2.07. The zero-order chi connectivity index (χ0) is 10.8. The van der Waals surface area contributed by atoms with Gasteiger partial charge in [-0.05, 0) is 12.1 Å². The molecule has 0 aromatic carbocycles. The fourth-order valence-corrected chi connectivity index (χ4v) is 1.26. The molecule has 7 heteroatoms. The molecule has 0 unspecified atom stereocenters. The molecule has 0 bridgehead atoms. The van der Waals surface area contributed by atoms with Gasteiger partial charge in [-0.25, -0.2) is 10.5 Å². The highest BCUT2D eigenvalue weighted by molar-refractivity contribution is 5.85. The number of nitrogens with zero attached hydrogens (tertiary/aromatic N) is 3. The molecule has 2 heterocycles. The summed E-state index contributed by atoms with van der Waals surface area (Å²) in [6.07, 6.45) is 1.41. The predicted octanol–water partition coefficient (Wildman–Crippen LogP) is 2.37. The third-order valence-corrected chi connectivity index (χ3v) is 1.94. The molecule has 6 nitrogen and oxygen atoms in total. The maximum atomic E-state index is 9.43. The zero-order valence-electron chi connectivity index (χ0n) is 8.03. The molecule has 0 spiro atoms. The van der Waals surface area contributed by atoms with E-state index < -0.39 is 0 Å². The summed E-state index contributed by atoms with van der Waals surface area (Å²) < 4.78 is 1.22. The van der Waals surface area contributed by atoms with Crippen LogP contribution in [0.15, 0.2) is 35.6 Å². The van der Waals surface area contributed by atoms with Crippen LogP contribution in [-0.2, 0) is 0 Å². The molecule has 0 atom stereocenters. The minimum absolute atomic E-state index is 0. The molecule has 0 saturated carbocycles. The van der Waals surface area contributed by atoms with E-state index in [4.69, 9.17) is 5.53 Å².